The van der Waals surface area contributed by atoms with E-state index in [1.807, 2.05) is 6.07 Å². The summed E-state index contributed by atoms with van der Waals surface area (Å²) in [6, 6.07) is 5.35. The Balaban J connectivity index is 2.66. The predicted octanol–water partition coefficient (Wildman–Crippen LogP) is 1.84. The van der Waals surface area contributed by atoms with Crippen molar-refractivity contribution in [2.75, 3.05) is 12.4 Å². The third kappa shape index (κ3) is 3.96. The van der Waals surface area contributed by atoms with Gasteiger partial charge in [0.1, 0.15) is 0 Å². The minimum absolute atomic E-state index is 0.244. The summed E-state index contributed by atoms with van der Waals surface area (Å²) in [5, 5.41) is 27.7. The van der Waals surface area contributed by atoms with Gasteiger partial charge < -0.3 is 15.3 Å². The van der Waals surface area contributed by atoms with Crippen LogP contribution in [0.5, 0.6) is 0 Å². The quantitative estimate of drug-likeness (QED) is 0.709. The molecule has 0 fully saturated rings. The van der Waals surface area contributed by atoms with Crippen molar-refractivity contribution in [3.63, 3.8) is 0 Å². The van der Waals surface area contributed by atoms with Crippen LogP contribution < -0.4 is 0 Å². The third-order valence-corrected chi connectivity index (χ3v) is 3.54. The average molecular weight is 263 g/mol. The average Bonchev–Trinajstić information content (AvgIpc) is 2.25. The largest absolute Gasteiger partial charge is 0.394 e. The number of aliphatic hydroxyl groups is 3. The fourth-order valence-corrected chi connectivity index (χ4v) is 2.44. The first-order valence-electron chi connectivity index (χ1n) is 4.93. The first-order chi connectivity index (χ1) is 7.54. The number of thioether (sulfide) groups is 1. The molecule has 0 radical (unpaired) electrons. The number of hydrogen-bond acceptors (Lipinski definition) is 4. The fourth-order valence-electron chi connectivity index (χ4n) is 1.18. The molecule has 90 valence electrons. The van der Waals surface area contributed by atoms with Crippen LogP contribution in [0.2, 0.25) is 5.02 Å². The molecule has 0 aromatic heterocycles. The Bertz CT molecular complexity index is 344. The zero-order valence-electron chi connectivity index (χ0n) is 8.93. The maximum absolute atomic E-state index is 9.39. The lowest BCUT2D eigenvalue weighted by Crippen LogP contribution is -2.14. The summed E-state index contributed by atoms with van der Waals surface area (Å²) in [7, 11) is 0. The summed E-state index contributed by atoms with van der Waals surface area (Å²) < 4.78 is 0. The van der Waals surface area contributed by atoms with Crippen molar-refractivity contribution in [3.8, 4) is 0 Å². The summed E-state index contributed by atoms with van der Waals surface area (Å²) >= 11 is 7.40. The van der Waals surface area contributed by atoms with Gasteiger partial charge in [-0.25, -0.2) is 0 Å². The van der Waals surface area contributed by atoms with E-state index < -0.39 is 12.2 Å². The first kappa shape index (κ1) is 13.8. The van der Waals surface area contributed by atoms with Crippen LogP contribution in [0.15, 0.2) is 23.1 Å². The smallest absolute Gasteiger partial charge is 0.0864 e. The number of aliphatic hydroxyl groups excluding tert-OH is 3. The number of halogens is 1. The SMILES string of the molecule is CC(O)c1ccc(SCC(O)CO)cc1Cl. The summed E-state index contributed by atoms with van der Waals surface area (Å²) in [5.41, 5.74) is 0.689. The second kappa shape index (κ2) is 6.47. The molecule has 0 amide bonds. The molecular weight excluding hydrogens is 248 g/mol. The predicted molar refractivity (Wildman–Crippen MR) is 65.9 cm³/mol. The zero-order chi connectivity index (χ0) is 12.1. The highest BCUT2D eigenvalue weighted by atomic mass is 35.5. The monoisotopic (exact) mass is 262 g/mol. The van der Waals surface area contributed by atoms with Crippen molar-refractivity contribution < 1.29 is 15.3 Å². The van der Waals surface area contributed by atoms with E-state index in [0.29, 0.717) is 16.3 Å². The molecule has 3 N–H and O–H groups in total. The van der Waals surface area contributed by atoms with Gasteiger partial charge in [-0.05, 0) is 24.6 Å². The standard InChI is InChI=1S/C11H15ClO3S/c1-7(14)10-3-2-9(4-11(10)12)16-6-8(15)5-13/h2-4,7-8,13-15H,5-6H2,1H3. The van der Waals surface area contributed by atoms with Crippen LogP contribution in [-0.2, 0) is 0 Å². The second-order valence-electron chi connectivity index (χ2n) is 3.51. The van der Waals surface area contributed by atoms with E-state index in [-0.39, 0.29) is 6.61 Å². The van der Waals surface area contributed by atoms with Crippen LogP contribution in [0.25, 0.3) is 0 Å². The highest BCUT2D eigenvalue weighted by molar-refractivity contribution is 7.99. The molecule has 2 atom stereocenters. The molecule has 16 heavy (non-hydrogen) atoms. The van der Waals surface area contributed by atoms with E-state index in [1.165, 1.54) is 11.8 Å². The van der Waals surface area contributed by atoms with E-state index in [2.05, 4.69) is 0 Å². The minimum Gasteiger partial charge on any atom is -0.394 e. The van der Waals surface area contributed by atoms with E-state index in [0.717, 1.165) is 4.90 Å². The maximum Gasteiger partial charge on any atom is 0.0864 e. The Morgan fingerprint density at radius 3 is 2.56 bits per heavy atom. The third-order valence-electron chi connectivity index (χ3n) is 2.08. The van der Waals surface area contributed by atoms with Crippen LogP contribution in [0, 0.1) is 0 Å². The van der Waals surface area contributed by atoms with Gasteiger partial charge in [0.2, 0.25) is 0 Å². The summed E-state index contributed by atoms with van der Waals surface area (Å²) in [4.78, 5) is 0.905. The van der Waals surface area contributed by atoms with Crippen molar-refractivity contribution in [1.82, 2.24) is 0 Å². The van der Waals surface area contributed by atoms with Gasteiger partial charge >= 0.3 is 0 Å². The summed E-state index contributed by atoms with van der Waals surface area (Å²) in [6.07, 6.45) is -1.31. The number of hydrogen-bond donors (Lipinski definition) is 3. The Morgan fingerprint density at radius 1 is 1.38 bits per heavy atom. The molecule has 3 nitrogen and oxygen atoms in total. The molecular formula is C11H15ClO3S. The van der Waals surface area contributed by atoms with Gasteiger partial charge in [-0.1, -0.05) is 17.7 Å². The van der Waals surface area contributed by atoms with Crippen molar-refractivity contribution in [1.29, 1.82) is 0 Å². The topological polar surface area (TPSA) is 60.7 Å². The van der Waals surface area contributed by atoms with Crippen LogP contribution in [-0.4, -0.2) is 33.8 Å². The maximum atomic E-state index is 9.39. The van der Waals surface area contributed by atoms with Crippen molar-refractivity contribution in [3.05, 3.63) is 28.8 Å². The van der Waals surface area contributed by atoms with E-state index in [9.17, 15) is 10.2 Å². The van der Waals surface area contributed by atoms with Crippen molar-refractivity contribution in [2.24, 2.45) is 0 Å². The molecule has 1 aromatic rings. The lowest BCUT2D eigenvalue weighted by atomic mass is 10.1. The Kier molecular flexibility index (Phi) is 5.58. The molecule has 1 aromatic carbocycles. The molecule has 0 saturated carbocycles. The Labute approximate surface area is 104 Å². The lowest BCUT2D eigenvalue weighted by molar-refractivity contribution is 0.113. The first-order valence-corrected chi connectivity index (χ1v) is 6.30. The van der Waals surface area contributed by atoms with Crippen molar-refractivity contribution in [2.45, 2.75) is 24.0 Å². The lowest BCUT2D eigenvalue weighted by Gasteiger charge is -2.10. The molecule has 5 heteroatoms. The number of rotatable bonds is 5. The van der Waals surface area contributed by atoms with Crippen LogP contribution in [0.3, 0.4) is 0 Å². The van der Waals surface area contributed by atoms with E-state index >= 15 is 0 Å². The van der Waals surface area contributed by atoms with E-state index in [4.69, 9.17) is 16.7 Å². The molecule has 0 spiro atoms. The summed E-state index contributed by atoms with van der Waals surface area (Å²) in [5.74, 6) is 0.418. The van der Waals surface area contributed by atoms with E-state index in [1.54, 1.807) is 19.1 Å². The van der Waals surface area contributed by atoms with Gasteiger partial charge in [-0.15, -0.1) is 11.8 Å². The van der Waals surface area contributed by atoms with Gasteiger partial charge in [0.25, 0.3) is 0 Å². The molecule has 0 bridgehead atoms. The Hall–Kier alpha value is -0.260. The van der Waals surface area contributed by atoms with Crippen LogP contribution in [0.1, 0.15) is 18.6 Å². The molecule has 0 heterocycles. The zero-order valence-corrected chi connectivity index (χ0v) is 10.5. The van der Waals surface area contributed by atoms with Gasteiger partial charge in [0.15, 0.2) is 0 Å². The van der Waals surface area contributed by atoms with Crippen LogP contribution >= 0.6 is 23.4 Å². The highest BCUT2D eigenvalue weighted by Gasteiger charge is 2.08. The number of benzene rings is 1. The second-order valence-corrected chi connectivity index (χ2v) is 5.01. The van der Waals surface area contributed by atoms with Gasteiger partial charge in [-0.2, -0.15) is 0 Å². The van der Waals surface area contributed by atoms with Gasteiger partial charge in [0, 0.05) is 15.7 Å². The molecule has 0 aliphatic carbocycles. The van der Waals surface area contributed by atoms with Crippen molar-refractivity contribution >= 4 is 23.4 Å². The van der Waals surface area contributed by atoms with Crippen LogP contribution in [0.4, 0.5) is 0 Å². The molecule has 0 saturated heterocycles. The minimum atomic E-state index is -0.722. The molecule has 0 aliphatic rings. The summed E-state index contributed by atoms with van der Waals surface area (Å²) in [6.45, 7) is 1.41. The Morgan fingerprint density at radius 2 is 2.06 bits per heavy atom. The molecule has 1 rings (SSSR count). The highest BCUT2D eigenvalue weighted by Crippen LogP contribution is 2.28. The molecule has 0 aliphatic heterocycles. The normalized spacial score (nSPS) is 14.8. The van der Waals surface area contributed by atoms with Gasteiger partial charge in [0.05, 0.1) is 18.8 Å². The van der Waals surface area contributed by atoms with Gasteiger partial charge in [-0.3, -0.25) is 0 Å². The molecule has 2 unspecified atom stereocenters. The fraction of sp³-hybridized carbons (Fsp3) is 0.455.